The van der Waals surface area contributed by atoms with Gasteiger partial charge in [-0.2, -0.15) is 0 Å². The van der Waals surface area contributed by atoms with Crippen molar-refractivity contribution in [1.29, 1.82) is 0 Å². The Bertz CT molecular complexity index is 406. The summed E-state index contributed by atoms with van der Waals surface area (Å²) in [5.74, 6) is -0.135. The summed E-state index contributed by atoms with van der Waals surface area (Å²) >= 11 is 0. The first kappa shape index (κ1) is 13.5. The van der Waals surface area contributed by atoms with Gasteiger partial charge in [0.05, 0.1) is 6.61 Å². The minimum atomic E-state index is -0.135. The quantitative estimate of drug-likeness (QED) is 0.533. The number of unbranched alkanes of at least 4 members (excludes halogenated alkanes) is 2. The van der Waals surface area contributed by atoms with E-state index in [0.29, 0.717) is 19.6 Å². The molecule has 1 aromatic heterocycles. The fourth-order valence-corrected chi connectivity index (χ4v) is 1.64. The highest BCUT2D eigenvalue weighted by Gasteiger charge is 2.02. The van der Waals surface area contributed by atoms with Crippen LogP contribution in [-0.2, 0) is 23.1 Å². The zero-order valence-corrected chi connectivity index (χ0v) is 10.5. The van der Waals surface area contributed by atoms with E-state index in [1.54, 1.807) is 35.5 Å². The van der Waals surface area contributed by atoms with Crippen LogP contribution in [0.15, 0.2) is 17.2 Å². The third-order valence-electron chi connectivity index (χ3n) is 2.60. The van der Waals surface area contributed by atoms with Crippen LogP contribution in [0.5, 0.6) is 0 Å². The first-order valence-corrected chi connectivity index (χ1v) is 6.02. The van der Waals surface area contributed by atoms with Gasteiger partial charge < -0.3 is 9.30 Å². The number of rotatable bonds is 7. The SMILES string of the molecule is CCOC(=O)CCCCCn1ccn(C)c1=O. The zero-order chi connectivity index (χ0) is 12.7. The molecule has 0 radical (unpaired) electrons. The molecule has 0 N–H and O–H groups in total. The zero-order valence-electron chi connectivity index (χ0n) is 10.5. The molecule has 0 atom stereocenters. The van der Waals surface area contributed by atoms with Crippen molar-refractivity contribution < 1.29 is 9.53 Å². The molecule has 0 aliphatic carbocycles. The van der Waals surface area contributed by atoms with E-state index in [2.05, 4.69) is 0 Å². The summed E-state index contributed by atoms with van der Waals surface area (Å²) in [5.41, 5.74) is 0.00962. The fourth-order valence-electron chi connectivity index (χ4n) is 1.64. The first-order valence-electron chi connectivity index (χ1n) is 6.02. The predicted molar refractivity (Wildman–Crippen MR) is 64.8 cm³/mol. The predicted octanol–water partition coefficient (Wildman–Crippen LogP) is 1.31. The molecule has 0 spiro atoms. The molecule has 1 rings (SSSR count). The Balaban J connectivity index is 2.15. The summed E-state index contributed by atoms with van der Waals surface area (Å²) in [6.45, 7) is 2.96. The molecule has 0 aromatic carbocycles. The van der Waals surface area contributed by atoms with Crippen LogP contribution in [0.1, 0.15) is 32.6 Å². The number of ether oxygens (including phenoxy) is 1. The molecule has 96 valence electrons. The third-order valence-corrected chi connectivity index (χ3v) is 2.60. The number of carbonyl (C=O) groups is 1. The van der Waals surface area contributed by atoms with Gasteiger partial charge in [0.1, 0.15) is 0 Å². The van der Waals surface area contributed by atoms with Crippen molar-refractivity contribution >= 4 is 5.97 Å². The van der Waals surface area contributed by atoms with E-state index < -0.39 is 0 Å². The molecule has 0 saturated carbocycles. The van der Waals surface area contributed by atoms with Gasteiger partial charge in [-0.1, -0.05) is 6.42 Å². The molecule has 1 aromatic rings. The van der Waals surface area contributed by atoms with Crippen molar-refractivity contribution in [2.75, 3.05) is 6.61 Å². The molecule has 0 unspecified atom stereocenters. The average Bonchev–Trinajstić information content (AvgIpc) is 2.60. The smallest absolute Gasteiger partial charge is 0.327 e. The van der Waals surface area contributed by atoms with Crippen LogP contribution in [0, 0.1) is 0 Å². The molecule has 0 aliphatic rings. The Morgan fingerprint density at radius 3 is 2.65 bits per heavy atom. The summed E-state index contributed by atoms with van der Waals surface area (Å²) in [6, 6.07) is 0. The highest BCUT2D eigenvalue weighted by molar-refractivity contribution is 5.69. The fraction of sp³-hybridized carbons (Fsp3) is 0.667. The number of hydrogen-bond acceptors (Lipinski definition) is 3. The Morgan fingerprint density at radius 1 is 1.29 bits per heavy atom. The first-order chi connectivity index (χ1) is 8.15. The van der Waals surface area contributed by atoms with E-state index in [0.717, 1.165) is 19.3 Å². The topological polar surface area (TPSA) is 53.2 Å². The van der Waals surface area contributed by atoms with E-state index in [4.69, 9.17) is 4.74 Å². The molecule has 17 heavy (non-hydrogen) atoms. The second kappa shape index (κ2) is 6.93. The number of carbonyl (C=O) groups excluding carboxylic acids is 1. The van der Waals surface area contributed by atoms with E-state index in [-0.39, 0.29) is 11.7 Å². The molecular formula is C12H20N2O3. The standard InChI is InChI=1S/C12H20N2O3/c1-3-17-11(15)7-5-4-6-8-14-10-9-13(2)12(14)16/h9-10H,3-8H2,1-2H3. The lowest BCUT2D eigenvalue weighted by molar-refractivity contribution is -0.143. The van der Waals surface area contributed by atoms with Gasteiger partial charge in [-0.15, -0.1) is 0 Å². The molecular weight excluding hydrogens is 220 g/mol. The molecule has 0 aliphatic heterocycles. The van der Waals surface area contributed by atoms with E-state index >= 15 is 0 Å². The number of nitrogens with zero attached hydrogens (tertiary/aromatic N) is 2. The maximum absolute atomic E-state index is 11.5. The molecule has 1 heterocycles. The summed E-state index contributed by atoms with van der Waals surface area (Å²) in [7, 11) is 1.74. The number of hydrogen-bond donors (Lipinski definition) is 0. The maximum Gasteiger partial charge on any atom is 0.327 e. The number of esters is 1. The van der Waals surface area contributed by atoms with Crippen LogP contribution >= 0.6 is 0 Å². The van der Waals surface area contributed by atoms with E-state index in [1.165, 1.54) is 0 Å². The summed E-state index contributed by atoms with van der Waals surface area (Å²) < 4.78 is 8.07. The lowest BCUT2D eigenvalue weighted by Crippen LogP contribution is -2.21. The van der Waals surface area contributed by atoms with Gasteiger partial charge in [-0.3, -0.25) is 9.36 Å². The Morgan fingerprint density at radius 2 is 2.06 bits per heavy atom. The van der Waals surface area contributed by atoms with Crippen molar-refractivity contribution in [1.82, 2.24) is 9.13 Å². The summed E-state index contributed by atoms with van der Waals surface area (Å²) in [5, 5.41) is 0. The summed E-state index contributed by atoms with van der Waals surface area (Å²) in [6.07, 6.45) is 6.66. The highest BCUT2D eigenvalue weighted by atomic mass is 16.5. The number of imidazole rings is 1. The Hall–Kier alpha value is -1.52. The molecule has 0 amide bonds. The Kier molecular flexibility index (Phi) is 5.52. The van der Waals surface area contributed by atoms with Crippen LogP contribution in [0.25, 0.3) is 0 Å². The minimum absolute atomic E-state index is 0.00962. The van der Waals surface area contributed by atoms with E-state index in [9.17, 15) is 9.59 Å². The van der Waals surface area contributed by atoms with Gasteiger partial charge in [-0.25, -0.2) is 4.79 Å². The van der Waals surface area contributed by atoms with Crippen molar-refractivity contribution in [2.45, 2.75) is 39.2 Å². The van der Waals surface area contributed by atoms with Crippen LogP contribution in [0.4, 0.5) is 0 Å². The van der Waals surface area contributed by atoms with Gasteiger partial charge >= 0.3 is 11.7 Å². The molecule has 5 heteroatoms. The largest absolute Gasteiger partial charge is 0.466 e. The normalized spacial score (nSPS) is 10.5. The highest BCUT2D eigenvalue weighted by Crippen LogP contribution is 2.02. The molecule has 5 nitrogen and oxygen atoms in total. The summed E-state index contributed by atoms with van der Waals surface area (Å²) in [4.78, 5) is 22.5. The van der Waals surface area contributed by atoms with Crippen molar-refractivity contribution in [3.8, 4) is 0 Å². The van der Waals surface area contributed by atoms with E-state index in [1.807, 2.05) is 0 Å². The maximum atomic E-state index is 11.5. The van der Waals surface area contributed by atoms with Gasteiger partial charge in [-0.05, 0) is 19.8 Å². The lowest BCUT2D eigenvalue weighted by atomic mass is 10.2. The second-order valence-corrected chi connectivity index (χ2v) is 4.00. The van der Waals surface area contributed by atoms with Crippen LogP contribution in [-0.4, -0.2) is 21.7 Å². The van der Waals surface area contributed by atoms with Crippen molar-refractivity contribution in [2.24, 2.45) is 7.05 Å². The minimum Gasteiger partial charge on any atom is -0.466 e. The monoisotopic (exact) mass is 240 g/mol. The molecule has 0 saturated heterocycles. The third kappa shape index (κ3) is 4.46. The van der Waals surface area contributed by atoms with Crippen LogP contribution in [0.2, 0.25) is 0 Å². The second-order valence-electron chi connectivity index (χ2n) is 4.00. The van der Waals surface area contributed by atoms with Gasteiger partial charge in [0.25, 0.3) is 0 Å². The van der Waals surface area contributed by atoms with Crippen LogP contribution in [0.3, 0.4) is 0 Å². The van der Waals surface area contributed by atoms with Crippen LogP contribution < -0.4 is 5.69 Å². The van der Waals surface area contributed by atoms with Crippen molar-refractivity contribution in [3.63, 3.8) is 0 Å². The Labute approximate surface area is 101 Å². The average molecular weight is 240 g/mol. The number of aryl methyl sites for hydroxylation is 2. The molecule has 0 bridgehead atoms. The lowest BCUT2D eigenvalue weighted by Gasteiger charge is -2.02. The molecule has 0 fully saturated rings. The van der Waals surface area contributed by atoms with Gasteiger partial charge in [0, 0.05) is 32.4 Å². The van der Waals surface area contributed by atoms with Crippen molar-refractivity contribution in [3.05, 3.63) is 22.9 Å². The van der Waals surface area contributed by atoms with Gasteiger partial charge in [0.2, 0.25) is 0 Å². The van der Waals surface area contributed by atoms with Gasteiger partial charge in [0.15, 0.2) is 0 Å². The number of aromatic nitrogens is 2.